The Morgan fingerprint density at radius 3 is 2.11 bits per heavy atom. The molecule has 0 saturated heterocycles. The van der Waals surface area contributed by atoms with Crippen LogP contribution in [0, 0.1) is 16.7 Å². The molecule has 0 saturated carbocycles. The molecule has 0 aromatic heterocycles. The number of nitriles is 1. The topological polar surface area (TPSA) is 67.2 Å². The molecule has 1 atom stereocenters. The number of ketones is 1. The molecule has 19 heavy (non-hydrogen) atoms. The van der Waals surface area contributed by atoms with Gasteiger partial charge in [-0.1, -0.05) is 12.1 Å². The van der Waals surface area contributed by atoms with E-state index in [2.05, 4.69) is 6.07 Å². The second-order valence-electron chi connectivity index (χ2n) is 5.01. The van der Waals surface area contributed by atoms with E-state index in [4.69, 9.17) is 10.00 Å². The Kier molecular flexibility index (Phi) is 4.44. The Hall–Kier alpha value is -2.15. The second-order valence-corrected chi connectivity index (χ2v) is 5.01. The predicted octanol–water partition coefficient (Wildman–Crippen LogP) is 2.98. The molecule has 0 amide bonds. The van der Waals surface area contributed by atoms with E-state index in [1.54, 1.807) is 45.0 Å². The van der Waals surface area contributed by atoms with E-state index in [0.717, 1.165) is 0 Å². The first-order valence-corrected chi connectivity index (χ1v) is 6.01. The number of benzene rings is 1. The minimum atomic E-state index is -0.741. The zero-order chi connectivity index (χ0) is 14.6. The molecule has 0 heterocycles. The summed E-state index contributed by atoms with van der Waals surface area (Å²) in [6, 6.07) is 8.36. The molecule has 1 aromatic carbocycles. The summed E-state index contributed by atoms with van der Waals surface area (Å²) in [5, 5.41) is 8.97. The van der Waals surface area contributed by atoms with E-state index in [1.165, 1.54) is 6.92 Å². The molecule has 100 valence electrons. The minimum absolute atomic E-state index is 0.0566. The summed E-state index contributed by atoms with van der Waals surface area (Å²) in [4.78, 5) is 23.0. The highest BCUT2D eigenvalue weighted by Gasteiger charge is 2.29. The lowest BCUT2D eigenvalue weighted by molar-refractivity contribution is 0.0129. The largest absolute Gasteiger partial charge is 0.457 e. The third kappa shape index (κ3) is 3.65. The van der Waals surface area contributed by atoms with Crippen molar-refractivity contribution >= 4 is 11.8 Å². The van der Waals surface area contributed by atoms with Crippen LogP contribution in [-0.2, 0) is 4.74 Å². The summed E-state index contributed by atoms with van der Waals surface area (Å²) in [5.41, 5.74) is 0.169. The first-order chi connectivity index (χ1) is 8.77. The van der Waals surface area contributed by atoms with Gasteiger partial charge >= 0.3 is 5.97 Å². The van der Waals surface area contributed by atoms with Crippen LogP contribution in [0.4, 0.5) is 0 Å². The Morgan fingerprint density at radius 1 is 1.21 bits per heavy atom. The van der Waals surface area contributed by atoms with Crippen LogP contribution in [0.2, 0.25) is 0 Å². The molecule has 0 aliphatic heterocycles. The average Bonchev–Trinajstić information content (AvgIpc) is 2.38. The third-order valence-corrected chi connectivity index (χ3v) is 3.12. The number of hydrogen-bond acceptors (Lipinski definition) is 4. The highest BCUT2D eigenvalue weighted by molar-refractivity contribution is 5.96. The Balaban J connectivity index is 2.80. The van der Waals surface area contributed by atoms with Gasteiger partial charge in [0, 0.05) is 5.56 Å². The van der Waals surface area contributed by atoms with Crippen molar-refractivity contribution in [3.63, 3.8) is 0 Å². The zero-order valence-electron chi connectivity index (χ0n) is 11.6. The molecule has 1 aromatic rings. The summed E-state index contributed by atoms with van der Waals surface area (Å²) in [5.74, 6) is -0.551. The van der Waals surface area contributed by atoms with Crippen molar-refractivity contribution in [3.05, 3.63) is 35.4 Å². The number of esters is 1. The molecule has 0 N–H and O–H groups in total. The van der Waals surface area contributed by atoms with Gasteiger partial charge in [0.2, 0.25) is 0 Å². The molecule has 1 rings (SSSR count). The predicted molar refractivity (Wildman–Crippen MR) is 70.7 cm³/mol. The van der Waals surface area contributed by atoms with Gasteiger partial charge in [-0.05, 0) is 39.8 Å². The monoisotopic (exact) mass is 259 g/mol. The van der Waals surface area contributed by atoms with Gasteiger partial charge in [-0.15, -0.1) is 0 Å². The summed E-state index contributed by atoms with van der Waals surface area (Å²) in [6.07, 6.45) is -0.516. The number of hydrogen-bond donors (Lipinski definition) is 0. The van der Waals surface area contributed by atoms with Crippen LogP contribution >= 0.6 is 0 Å². The van der Waals surface area contributed by atoms with Gasteiger partial charge in [0.05, 0.1) is 17.0 Å². The Bertz CT molecular complexity index is 523. The van der Waals surface area contributed by atoms with Gasteiger partial charge in [0.25, 0.3) is 0 Å². The van der Waals surface area contributed by atoms with Crippen molar-refractivity contribution in [1.29, 1.82) is 5.26 Å². The van der Waals surface area contributed by atoms with Gasteiger partial charge in [-0.25, -0.2) is 4.79 Å². The highest BCUT2D eigenvalue weighted by atomic mass is 16.5. The van der Waals surface area contributed by atoms with Crippen LogP contribution in [-0.4, -0.2) is 17.9 Å². The maximum absolute atomic E-state index is 11.9. The van der Waals surface area contributed by atoms with E-state index in [1.807, 2.05) is 0 Å². The standard InChI is InChI=1S/C15H17NO3/c1-10(17)12-5-7-13(8-6-12)14(18)19-11(2)15(3,4)9-16/h5-8,11H,1-4H3/t11-/m0/s1. The minimum Gasteiger partial charge on any atom is -0.457 e. The molecule has 0 spiro atoms. The summed E-state index contributed by atoms with van der Waals surface area (Å²) in [7, 11) is 0. The maximum atomic E-state index is 11.9. The van der Waals surface area contributed by atoms with Crippen LogP contribution in [0.5, 0.6) is 0 Å². The van der Waals surface area contributed by atoms with Gasteiger partial charge in [0.1, 0.15) is 6.10 Å². The molecule has 4 nitrogen and oxygen atoms in total. The highest BCUT2D eigenvalue weighted by Crippen LogP contribution is 2.22. The van der Waals surface area contributed by atoms with Gasteiger partial charge in [0.15, 0.2) is 5.78 Å². The Labute approximate surface area is 113 Å². The van der Waals surface area contributed by atoms with E-state index in [-0.39, 0.29) is 5.78 Å². The first kappa shape index (κ1) is 14.9. The molecular formula is C15H17NO3. The molecule has 0 unspecified atom stereocenters. The van der Waals surface area contributed by atoms with E-state index in [9.17, 15) is 9.59 Å². The van der Waals surface area contributed by atoms with Crippen molar-refractivity contribution in [1.82, 2.24) is 0 Å². The number of nitrogens with zero attached hydrogens (tertiary/aromatic N) is 1. The van der Waals surface area contributed by atoms with E-state index >= 15 is 0 Å². The van der Waals surface area contributed by atoms with Crippen LogP contribution in [0.25, 0.3) is 0 Å². The van der Waals surface area contributed by atoms with Crippen LogP contribution in [0.3, 0.4) is 0 Å². The van der Waals surface area contributed by atoms with Crippen molar-refractivity contribution in [2.24, 2.45) is 5.41 Å². The molecule has 4 heteroatoms. The smallest absolute Gasteiger partial charge is 0.338 e. The number of Topliss-reactive ketones (excluding diaryl/α,β-unsaturated/α-hetero) is 1. The van der Waals surface area contributed by atoms with Crippen LogP contribution in [0.1, 0.15) is 48.4 Å². The molecular weight excluding hydrogens is 242 g/mol. The van der Waals surface area contributed by atoms with Crippen molar-refractivity contribution < 1.29 is 14.3 Å². The van der Waals surface area contributed by atoms with Gasteiger partial charge in [-0.2, -0.15) is 5.26 Å². The van der Waals surface area contributed by atoms with Crippen molar-refractivity contribution in [2.75, 3.05) is 0 Å². The van der Waals surface area contributed by atoms with Crippen molar-refractivity contribution in [3.8, 4) is 6.07 Å². The molecule has 0 radical (unpaired) electrons. The normalized spacial score (nSPS) is 12.4. The van der Waals surface area contributed by atoms with E-state index in [0.29, 0.717) is 11.1 Å². The Morgan fingerprint density at radius 2 is 1.68 bits per heavy atom. The molecule has 0 aliphatic carbocycles. The lowest BCUT2D eigenvalue weighted by Gasteiger charge is -2.24. The first-order valence-electron chi connectivity index (χ1n) is 6.01. The number of rotatable bonds is 4. The SMILES string of the molecule is CC(=O)c1ccc(C(=O)O[C@@H](C)C(C)(C)C#N)cc1. The number of carbonyl (C=O) groups is 2. The second kappa shape index (κ2) is 5.66. The van der Waals surface area contributed by atoms with Crippen LogP contribution in [0.15, 0.2) is 24.3 Å². The van der Waals surface area contributed by atoms with Crippen LogP contribution < -0.4 is 0 Å². The average molecular weight is 259 g/mol. The van der Waals surface area contributed by atoms with Crippen molar-refractivity contribution in [2.45, 2.75) is 33.8 Å². The van der Waals surface area contributed by atoms with Gasteiger partial charge < -0.3 is 4.74 Å². The summed E-state index contributed by atoms with van der Waals surface area (Å²) < 4.78 is 5.25. The quantitative estimate of drug-likeness (QED) is 0.615. The maximum Gasteiger partial charge on any atom is 0.338 e. The zero-order valence-corrected chi connectivity index (χ0v) is 11.6. The molecule has 0 bridgehead atoms. The summed E-state index contributed by atoms with van der Waals surface area (Å²) >= 11 is 0. The fraction of sp³-hybridized carbons (Fsp3) is 0.400. The fourth-order valence-electron chi connectivity index (χ4n) is 1.31. The fourth-order valence-corrected chi connectivity index (χ4v) is 1.31. The van der Waals surface area contributed by atoms with E-state index < -0.39 is 17.5 Å². The number of carbonyl (C=O) groups excluding carboxylic acids is 2. The lowest BCUT2D eigenvalue weighted by Crippen LogP contribution is -2.30. The molecule has 0 fully saturated rings. The number of ether oxygens (including phenoxy) is 1. The summed E-state index contributed by atoms with van der Waals surface area (Å²) in [6.45, 7) is 6.57. The molecule has 0 aliphatic rings. The van der Waals surface area contributed by atoms with Gasteiger partial charge in [-0.3, -0.25) is 4.79 Å². The lowest BCUT2D eigenvalue weighted by atomic mass is 9.89. The third-order valence-electron chi connectivity index (χ3n) is 3.12.